The molecule has 0 spiro atoms. The number of nitrogens with zero attached hydrogens (tertiary/aromatic N) is 3. The largest absolute Gasteiger partial charge is 0.479 e. The van der Waals surface area contributed by atoms with Crippen LogP contribution in [0.1, 0.15) is 19.5 Å². The highest BCUT2D eigenvalue weighted by atomic mass is 32.1. The van der Waals surface area contributed by atoms with Gasteiger partial charge in [0.25, 0.3) is 0 Å². The number of anilines is 1. The second-order valence-electron chi connectivity index (χ2n) is 5.92. The van der Waals surface area contributed by atoms with Crippen molar-refractivity contribution in [3.8, 4) is 10.6 Å². The molecule has 8 nitrogen and oxygen atoms in total. The summed E-state index contributed by atoms with van der Waals surface area (Å²) in [7, 11) is 0. The molecule has 0 unspecified atom stereocenters. The normalized spacial score (nSPS) is 11.4. The molecule has 0 aromatic carbocycles. The van der Waals surface area contributed by atoms with Gasteiger partial charge in [-0.2, -0.15) is 5.10 Å². The fourth-order valence-electron chi connectivity index (χ4n) is 2.07. The van der Waals surface area contributed by atoms with Crippen LogP contribution in [0.15, 0.2) is 40.8 Å². The second kappa shape index (κ2) is 6.52. The van der Waals surface area contributed by atoms with E-state index in [2.05, 4.69) is 15.4 Å². The Hall–Kier alpha value is -2.94. The van der Waals surface area contributed by atoms with Crippen LogP contribution in [-0.2, 0) is 21.5 Å². The van der Waals surface area contributed by atoms with Gasteiger partial charge >= 0.3 is 5.97 Å². The van der Waals surface area contributed by atoms with E-state index in [1.165, 1.54) is 42.3 Å². The highest BCUT2D eigenvalue weighted by Gasteiger charge is 2.30. The number of furan rings is 1. The first-order valence-corrected chi connectivity index (χ1v) is 8.29. The summed E-state index contributed by atoms with van der Waals surface area (Å²) in [6, 6.07) is 1.81. The van der Waals surface area contributed by atoms with Gasteiger partial charge in [0.05, 0.1) is 30.3 Å². The van der Waals surface area contributed by atoms with Gasteiger partial charge in [-0.05, 0) is 19.9 Å². The van der Waals surface area contributed by atoms with Crippen LogP contribution in [0.3, 0.4) is 0 Å². The summed E-state index contributed by atoms with van der Waals surface area (Å²) >= 11 is 1.43. The molecule has 0 radical (unpaired) electrons. The Kier molecular flexibility index (Phi) is 4.41. The Labute approximate surface area is 147 Å². The molecular weight excluding hydrogens is 344 g/mol. The molecule has 3 aromatic rings. The molecule has 1 amide bonds. The highest BCUT2D eigenvalue weighted by molar-refractivity contribution is 7.13. The van der Waals surface area contributed by atoms with Crippen LogP contribution in [0.2, 0.25) is 0 Å². The van der Waals surface area contributed by atoms with E-state index in [-0.39, 0.29) is 12.3 Å². The summed E-state index contributed by atoms with van der Waals surface area (Å²) in [4.78, 5) is 27.8. The average Bonchev–Trinajstić information content (AvgIpc) is 3.27. The third kappa shape index (κ3) is 3.61. The zero-order chi connectivity index (χ0) is 18.0. The molecule has 0 aliphatic carbocycles. The van der Waals surface area contributed by atoms with E-state index >= 15 is 0 Å². The van der Waals surface area contributed by atoms with Gasteiger partial charge in [0.15, 0.2) is 5.54 Å². The number of rotatable bonds is 6. The second-order valence-corrected chi connectivity index (χ2v) is 6.78. The Morgan fingerprint density at radius 2 is 2.24 bits per heavy atom. The molecule has 2 N–H and O–H groups in total. The van der Waals surface area contributed by atoms with Gasteiger partial charge in [0.2, 0.25) is 5.91 Å². The molecule has 3 rings (SSSR count). The molecule has 3 heterocycles. The van der Waals surface area contributed by atoms with E-state index in [4.69, 9.17) is 4.42 Å². The Morgan fingerprint density at radius 3 is 2.92 bits per heavy atom. The van der Waals surface area contributed by atoms with E-state index in [1.807, 2.05) is 5.38 Å². The Balaban J connectivity index is 1.64. The van der Waals surface area contributed by atoms with Crippen LogP contribution >= 0.6 is 11.3 Å². The summed E-state index contributed by atoms with van der Waals surface area (Å²) < 4.78 is 6.32. The smallest absolute Gasteiger partial charge is 0.331 e. The third-order valence-corrected chi connectivity index (χ3v) is 4.56. The SMILES string of the molecule is CC(C)(C(=O)O)n1cc(NC(=O)Cc2csc(-c3ccoc3)n2)cn1. The number of aliphatic carboxylic acids is 1. The van der Waals surface area contributed by atoms with Crippen LogP contribution in [0.4, 0.5) is 5.69 Å². The molecule has 0 aliphatic heterocycles. The topological polar surface area (TPSA) is 110 Å². The maximum Gasteiger partial charge on any atom is 0.331 e. The minimum atomic E-state index is -1.20. The third-order valence-electron chi connectivity index (χ3n) is 3.62. The lowest BCUT2D eigenvalue weighted by atomic mass is 10.1. The van der Waals surface area contributed by atoms with Crippen LogP contribution in [-0.4, -0.2) is 31.7 Å². The number of hydrogen-bond acceptors (Lipinski definition) is 6. The van der Waals surface area contributed by atoms with Crippen LogP contribution in [0.5, 0.6) is 0 Å². The maximum atomic E-state index is 12.2. The number of carbonyl (C=O) groups excluding carboxylic acids is 1. The summed E-state index contributed by atoms with van der Waals surface area (Å²) in [5.74, 6) is -1.26. The molecular formula is C16H16N4O4S. The van der Waals surface area contributed by atoms with E-state index in [0.717, 1.165) is 10.6 Å². The summed E-state index contributed by atoms with van der Waals surface area (Å²) in [6.45, 7) is 3.06. The van der Waals surface area contributed by atoms with Crippen molar-refractivity contribution in [3.05, 3.63) is 42.1 Å². The maximum absolute atomic E-state index is 12.2. The highest BCUT2D eigenvalue weighted by Crippen LogP contribution is 2.24. The fraction of sp³-hybridized carbons (Fsp3) is 0.250. The first-order chi connectivity index (χ1) is 11.9. The predicted molar refractivity (Wildman–Crippen MR) is 91.3 cm³/mol. The average molecular weight is 360 g/mol. The molecule has 0 bridgehead atoms. The summed E-state index contributed by atoms with van der Waals surface area (Å²) in [6.07, 6.45) is 6.19. The van der Waals surface area contributed by atoms with E-state index in [1.54, 1.807) is 18.6 Å². The van der Waals surface area contributed by atoms with Crippen molar-refractivity contribution in [2.75, 3.05) is 5.32 Å². The van der Waals surface area contributed by atoms with Crippen molar-refractivity contribution in [3.63, 3.8) is 0 Å². The van der Waals surface area contributed by atoms with Gasteiger partial charge in [-0.3, -0.25) is 9.48 Å². The van der Waals surface area contributed by atoms with Crippen molar-refractivity contribution in [2.24, 2.45) is 0 Å². The van der Waals surface area contributed by atoms with Crippen molar-refractivity contribution >= 4 is 28.9 Å². The molecule has 3 aromatic heterocycles. The molecule has 0 saturated carbocycles. The lowest BCUT2D eigenvalue weighted by Crippen LogP contribution is -2.35. The molecule has 0 fully saturated rings. The van der Waals surface area contributed by atoms with Gasteiger partial charge in [-0.1, -0.05) is 0 Å². The lowest BCUT2D eigenvalue weighted by Gasteiger charge is -2.19. The number of carboxylic acids is 1. The lowest BCUT2D eigenvalue weighted by molar-refractivity contribution is -0.146. The standard InChI is InChI=1S/C16H16N4O4S/c1-16(2,15(22)23)20-7-12(6-17-20)18-13(21)5-11-9-25-14(19-11)10-3-4-24-8-10/h3-4,6-9H,5H2,1-2H3,(H,18,21)(H,22,23). The van der Waals surface area contributed by atoms with Crippen LogP contribution in [0, 0.1) is 0 Å². The quantitative estimate of drug-likeness (QED) is 0.699. The number of hydrogen-bond donors (Lipinski definition) is 2. The number of carboxylic acid groups (broad SMARTS) is 1. The molecule has 0 saturated heterocycles. The number of nitrogens with one attached hydrogen (secondary N) is 1. The Bertz CT molecular complexity index is 895. The van der Waals surface area contributed by atoms with Gasteiger partial charge in [-0.25, -0.2) is 9.78 Å². The van der Waals surface area contributed by atoms with E-state index in [9.17, 15) is 14.7 Å². The van der Waals surface area contributed by atoms with Gasteiger partial charge in [-0.15, -0.1) is 11.3 Å². The Morgan fingerprint density at radius 1 is 1.44 bits per heavy atom. The first kappa shape index (κ1) is 16.9. The monoisotopic (exact) mass is 360 g/mol. The van der Waals surface area contributed by atoms with Crippen molar-refractivity contribution in [2.45, 2.75) is 25.8 Å². The molecule has 9 heteroatoms. The minimum absolute atomic E-state index is 0.113. The van der Waals surface area contributed by atoms with Crippen LogP contribution in [0.25, 0.3) is 10.6 Å². The summed E-state index contributed by atoms with van der Waals surface area (Å²) in [5.41, 5.74) is 0.757. The van der Waals surface area contributed by atoms with E-state index in [0.29, 0.717) is 11.4 Å². The number of thiazole rings is 1. The zero-order valence-corrected chi connectivity index (χ0v) is 14.4. The molecule has 0 atom stereocenters. The van der Waals surface area contributed by atoms with Crippen molar-refractivity contribution in [1.82, 2.24) is 14.8 Å². The summed E-state index contributed by atoms with van der Waals surface area (Å²) in [5, 5.41) is 18.5. The fourth-order valence-corrected chi connectivity index (χ4v) is 2.87. The number of carbonyl (C=O) groups is 2. The molecule has 25 heavy (non-hydrogen) atoms. The van der Waals surface area contributed by atoms with Crippen molar-refractivity contribution in [1.29, 1.82) is 0 Å². The van der Waals surface area contributed by atoms with E-state index < -0.39 is 11.5 Å². The van der Waals surface area contributed by atoms with Crippen molar-refractivity contribution < 1.29 is 19.1 Å². The van der Waals surface area contributed by atoms with Gasteiger partial charge in [0, 0.05) is 17.1 Å². The van der Waals surface area contributed by atoms with Crippen LogP contribution < -0.4 is 5.32 Å². The number of amides is 1. The first-order valence-electron chi connectivity index (χ1n) is 7.41. The zero-order valence-electron chi connectivity index (χ0n) is 13.6. The van der Waals surface area contributed by atoms with Gasteiger partial charge in [0.1, 0.15) is 11.3 Å². The molecule has 0 aliphatic rings. The van der Waals surface area contributed by atoms with Gasteiger partial charge < -0.3 is 14.8 Å². The minimum Gasteiger partial charge on any atom is -0.479 e. The predicted octanol–water partition coefficient (Wildman–Crippen LogP) is 2.60. The molecule has 130 valence electrons. The number of aromatic nitrogens is 3.